The number of nitrogens with zero attached hydrogens (tertiary/aromatic N) is 1. The minimum Gasteiger partial charge on any atom is -0.464 e. The fourth-order valence-corrected chi connectivity index (χ4v) is 2.05. The fourth-order valence-electron chi connectivity index (χ4n) is 2.05. The Morgan fingerprint density at radius 1 is 1.25 bits per heavy atom. The molecule has 1 aromatic heterocycles. The van der Waals surface area contributed by atoms with Crippen molar-refractivity contribution in [2.45, 2.75) is 18.9 Å². The number of aromatic nitrogens is 1. The highest BCUT2D eigenvalue weighted by atomic mass is 16.5. The van der Waals surface area contributed by atoms with Gasteiger partial charge in [-0.3, -0.25) is 4.98 Å². The zero-order chi connectivity index (χ0) is 14.4. The monoisotopic (exact) mass is 271 g/mol. The maximum absolute atomic E-state index is 12.2. The predicted octanol–water partition coefficient (Wildman–Crippen LogP) is 2.08. The minimum absolute atomic E-state index is 0.129. The number of rotatable bonds is 5. The summed E-state index contributed by atoms with van der Waals surface area (Å²) in [6, 6.07) is 12.4. The Bertz CT molecular complexity index is 556. The van der Waals surface area contributed by atoms with Gasteiger partial charge in [0, 0.05) is 18.8 Å². The largest absolute Gasteiger partial charge is 0.464 e. The van der Waals surface area contributed by atoms with Gasteiger partial charge in [-0.2, -0.15) is 0 Å². The Kier molecular flexibility index (Phi) is 4.48. The number of carbonyl (C=O) groups is 1. The zero-order valence-electron chi connectivity index (χ0n) is 11.3. The van der Waals surface area contributed by atoms with Gasteiger partial charge in [0.1, 0.15) is 0 Å². The topological polar surface area (TPSA) is 59.4 Å². The SMILES string of the molecule is CCOC(=O)C(O)(Cc1cccnc1)c1ccccc1. The molecule has 104 valence electrons. The number of esters is 1. The Morgan fingerprint density at radius 2 is 2.00 bits per heavy atom. The van der Waals surface area contributed by atoms with Gasteiger partial charge in [-0.1, -0.05) is 36.4 Å². The van der Waals surface area contributed by atoms with Gasteiger partial charge in [0.05, 0.1) is 6.61 Å². The Hall–Kier alpha value is -2.20. The molecule has 0 bridgehead atoms. The van der Waals surface area contributed by atoms with Crippen LogP contribution in [-0.4, -0.2) is 22.7 Å². The lowest BCUT2D eigenvalue weighted by atomic mass is 9.88. The van der Waals surface area contributed by atoms with Crippen LogP contribution in [0.1, 0.15) is 18.1 Å². The van der Waals surface area contributed by atoms with E-state index in [9.17, 15) is 9.90 Å². The molecule has 4 nitrogen and oxygen atoms in total. The molecule has 0 fully saturated rings. The van der Waals surface area contributed by atoms with Crippen LogP contribution in [0.4, 0.5) is 0 Å². The molecule has 0 radical (unpaired) electrons. The van der Waals surface area contributed by atoms with Crippen molar-refractivity contribution in [3.63, 3.8) is 0 Å². The Labute approximate surface area is 118 Å². The van der Waals surface area contributed by atoms with Crippen LogP contribution in [0, 0.1) is 0 Å². The molecule has 1 heterocycles. The minimum atomic E-state index is -1.69. The molecular formula is C16H17NO3. The Balaban J connectivity index is 2.36. The second-order valence-electron chi connectivity index (χ2n) is 4.48. The van der Waals surface area contributed by atoms with Gasteiger partial charge in [0.2, 0.25) is 0 Å². The van der Waals surface area contributed by atoms with Crippen LogP contribution in [0.2, 0.25) is 0 Å². The molecule has 0 spiro atoms. The van der Waals surface area contributed by atoms with Crippen molar-refractivity contribution < 1.29 is 14.6 Å². The molecular weight excluding hydrogens is 254 g/mol. The van der Waals surface area contributed by atoms with E-state index in [1.165, 1.54) is 0 Å². The summed E-state index contributed by atoms with van der Waals surface area (Å²) >= 11 is 0. The predicted molar refractivity (Wildman–Crippen MR) is 74.9 cm³/mol. The van der Waals surface area contributed by atoms with Crippen molar-refractivity contribution in [3.05, 3.63) is 66.0 Å². The molecule has 20 heavy (non-hydrogen) atoms. The lowest BCUT2D eigenvalue weighted by Gasteiger charge is -2.26. The van der Waals surface area contributed by atoms with Crippen LogP contribution < -0.4 is 0 Å². The van der Waals surface area contributed by atoms with Crippen molar-refractivity contribution in [3.8, 4) is 0 Å². The first-order valence-electron chi connectivity index (χ1n) is 6.51. The summed E-state index contributed by atoms with van der Waals surface area (Å²) in [5.41, 5.74) is -0.408. The van der Waals surface area contributed by atoms with Gasteiger partial charge in [-0.25, -0.2) is 4.79 Å². The second kappa shape index (κ2) is 6.30. The van der Waals surface area contributed by atoms with Gasteiger partial charge in [0.25, 0.3) is 0 Å². The quantitative estimate of drug-likeness (QED) is 0.846. The molecule has 4 heteroatoms. The normalized spacial score (nSPS) is 13.5. The van der Waals surface area contributed by atoms with Crippen LogP contribution in [0.5, 0.6) is 0 Å². The molecule has 2 aromatic rings. The molecule has 0 aliphatic heterocycles. The van der Waals surface area contributed by atoms with Gasteiger partial charge in [-0.15, -0.1) is 0 Å². The number of ether oxygens (including phenoxy) is 1. The van der Waals surface area contributed by atoms with E-state index in [0.717, 1.165) is 5.56 Å². The first kappa shape index (κ1) is 14.2. The Morgan fingerprint density at radius 3 is 2.60 bits per heavy atom. The van der Waals surface area contributed by atoms with Crippen molar-refractivity contribution >= 4 is 5.97 Å². The summed E-state index contributed by atoms with van der Waals surface area (Å²) in [5.74, 6) is -0.643. The van der Waals surface area contributed by atoms with Crippen LogP contribution in [0.3, 0.4) is 0 Å². The van der Waals surface area contributed by atoms with E-state index in [1.807, 2.05) is 12.1 Å². The maximum Gasteiger partial charge on any atom is 0.343 e. The molecule has 2 rings (SSSR count). The lowest BCUT2D eigenvalue weighted by molar-refractivity contribution is -0.166. The third-order valence-electron chi connectivity index (χ3n) is 3.05. The van der Waals surface area contributed by atoms with E-state index in [4.69, 9.17) is 4.74 Å². The maximum atomic E-state index is 12.2. The molecule has 0 saturated carbocycles. The molecule has 1 atom stereocenters. The van der Waals surface area contributed by atoms with Crippen LogP contribution in [0.25, 0.3) is 0 Å². The molecule has 0 aliphatic carbocycles. The molecule has 1 aromatic carbocycles. The number of benzene rings is 1. The highest BCUT2D eigenvalue weighted by Crippen LogP contribution is 2.27. The van der Waals surface area contributed by atoms with Gasteiger partial charge < -0.3 is 9.84 Å². The van der Waals surface area contributed by atoms with Crippen LogP contribution in [-0.2, 0) is 21.6 Å². The van der Waals surface area contributed by atoms with Crippen molar-refractivity contribution in [1.82, 2.24) is 4.98 Å². The smallest absolute Gasteiger partial charge is 0.343 e. The molecule has 0 amide bonds. The van der Waals surface area contributed by atoms with Crippen LogP contribution in [0.15, 0.2) is 54.9 Å². The average molecular weight is 271 g/mol. The number of hydrogen-bond donors (Lipinski definition) is 1. The van der Waals surface area contributed by atoms with Crippen molar-refractivity contribution in [2.75, 3.05) is 6.61 Å². The standard InChI is InChI=1S/C16H17NO3/c1-2-20-15(18)16(19,14-8-4-3-5-9-14)11-13-7-6-10-17-12-13/h3-10,12,19H,2,11H2,1H3. The first-order chi connectivity index (χ1) is 9.66. The van der Waals surface area contributed by atoms with E-state index in [0.29, 0.717) is 5.56 Å². The van der Waals surface area contributed by atoms with Crippen molar-refractivity contribution in [2.24, 2.45) is 0 Å². The van der Waals surface area contributed by atoms with Crippen LogP contribution >= 0.6 is 0 Å². The summed E-state index contributed by atoms with van der Waals surface area (Å²) < 4.78 is 5.02. The summed E-state index contributed by atoms with van der Waals surface area (Å²) in [5, 5.41) is 10.8. The number of pyridine rings is 1. The van der Waals surface area contributed by atoms with Gasteiger partial charge in [-0.05, 0) is 24.1 Å². The molecule has 0 saturated heterocycles. The fraction of sp³-hybridized carbons (Fsp3) is 0.250. The summed E-state index contributed by atoms with van der Waals surface area (Å²) in [6.07, 6.45) is 3.41. The lowest BCUT2D eigenvalue weighted by Crippen LogP contribution is -2.39. The molecule has 1 unspecified atom stereocenters. The van der Waals surface area contributed by atoms with E-state index < -0.39 is 11.6 Å². The molecule has 1 N–H and O–H groups in total. The summed E-state index contributed by atoms with van der Waals surface area (Å²) in [7, 11) is 0. The van der Waals surface area contributed by atoms with E-state index in [1.54, 1.807) is 49.6 Å². The van der Waals surface area contributed by atoms with E-state index in [2.05, 4.69) is 4.98 Å². The zero-order valence-corrected chi connectivity index (χ0v) is 11.3. The number of aliphatic hydroxyl groups is 1. The average Bonchev–Trinajstić information content (AvgIpc) is 2.49. The second-order valence-corrected chi connectivity index (χ2v) is 4.48. The van der Waals surface area contributed by atoms with Gasteiger partial charge >= 0.3 is 5.97 Å². The number of carbonyl (C=O) groups excluding carboxylic acids is 1. The first-order valence-corrected chi connectivity index (χ1v) is 6.51. The third-order valence-corrected chi connectivity index (χ3v) is 3.05. The van der Waals surface area contributed by atoms with E-state index in [-0.39, 0.29) is 13.0 Å². The highest BCUT2D eigenvalue weighted by Gasteiger charge is 2.39. The van der Waals surface area contributed by atoms with Crippen molar-refractivity contribution in [1.29, 1.82) is 0 Å². The third kappa shape index (κ3) is 3.03. The van der Waals surface area contributed by atoms with Gasteiger partial charge in [0.15, 0.2) is 5.60 Å². The molecule has 0 aliphatic rings. The highest BCUT2D eigenvalue weighted by molar-refractivity contribution is 5.81. The number of hydrogen-bond acceptors (Lipinski definition) is 4. The summed E-state index contributed by atoms with van der Waals surface area (Å²) in [6.45, 7) is 1.94. The van der Waals surface area contributed by atoms with E-state index >= 15 is 0 Å². The summed E-state index contributed by atoms with van der Waals surface area (Å²) in [4.78, 5) is 16.2.